The van der Waals surface area contributed by atoms with Crippen LogP contribution in [0.5, 0.6) is 0 Å². The summed E-state index contributed by atoms with van der Waals surface area (Å²) >= 11 is 3.79. The lowest BCUT2D eigenvalue weighted by molar-refractivity contribution is 1.32. The summed E-state index contributed by atoms with van der Waals surface area (Å²) in [5.41, 5.74) is 13.3. The number of nitrogens with zero attached hydrogens (tertiary/aromatic N) is 1. The molecule has 0 fully saturated rings. The Morgan fingerprint density at radius 3 is 1.56 bits per heavy atom. The molecule has 2 heterocycles. The highest BCUT2D eigenvalue weighted by atomic mass is 32.1. The number of thiophene rings is 2. The molecule has 0 unspecified atom stereocenters. The Balaban J connectivity index is 1.11. The van der Waals surface area contributed by atoms with Crippen LogP contribution in [0.15, 0.2) is 224 Å². The number of hydrogen-bond donors (Lipinski definition) is 0. The van der Waals surface area contributed by atoms with Crippen LogP contribution in [0.4, 0.5) is 17.1 Å². The number of fused-ring (bicyclic) bond motifs is 7. The van der Waals surface area contributed by atoms with Gasteiger partial charge in [0.05, 0.1) is 16.1 Å². The third kappa shape index (κ3) is 6.13. The van der Waals surface area contributed by atoms with E-state index in [1.165, 1.54) is 107 Å². The molecule has 10 aromatic carbocycles. The Morgan fingerprint density at radius 1 is 0.295 bits per heavy atom. The van der Waals surface area contributed by atoms with Gasteiger partial charge in [0.25, 0.3) is 0 Å². The van der Waals surface area contributed by atoms with Crippen LogP contribution in [0.2, 0.25) is 0 Å². The molecule has 0 aliphatic carbocycles. The van der Waals surface area contributed by atoms with E-state index in [0.717, 1.165) is 5.69 Å². The predicted molar refractivity (Wildman–Crippen MR) is 266 cm³/mol. The van der Waals surface area contributed by atoms with Gasteiger partial charge in [0.1, 0.15) is 0 Å². The second-order valence-electron chi connectivity index (χ2n) is 15.6. The molecule has 3 heteroatoms. The Morgan fingerprint density at radius 2 is 0.836 bits per heavy atom. The average Bonchev–Trinajstić information content (AvgIpc) is 3.91. The molecule has 0 aliphatic heterocycles. The molecule has 0 bridgehead atoms. The average molecular weight is 812 g/mol. The largest absolute Gasteiger partial charge is 0.308 e. The zero-order valence-electron chi connectivity index (χ0n) is 33.1. The van der Waals surface area contributed by atoms with Crippen molar-refractivity contribution in [2.45, 2.75) is 0 Å². The quantitative estimate of drug-likeness (QED) is 0.155. The van der Waals surface area contributed by atoms with Crippen molar-refractivity contribution in [1.29, 1.82) is 0 Å². The van der Waals surface area contributed by atoms with Crippen molar-refractivity contribution in [3.05, 3.63) is 224 Å². The Kier molecular flexibility index (Phi) is 8.62. The topological polar surface area (TPSA) is 3.24 Å². The zero-order valence-corrected chi connectivity index (χ0v) is 34.8. The molecule has 0 radical (unpaired) electrons. The third-order valence-corrected chi connectivity index (χ3v) is 14.5. The van der Waals surface area contributed by atoms with Gasteiger partial charge >= 0.3 is 0 Å². The van der Waals surface area contributed by atoms with Crippen LogP contribution < -0.4 is 4.90 Å². The van der Waals surface area contributed by atoms with Crippen LogP contribution >= 0.6 is 22.7 Å². The number of hydrogen-bond acceptors (Lipinski definition) is 3. The van der Waals surface area contributed by atoms with Crippen LogP contribution in [-0.4, -0.2) is 0 Å². The van der Waals surface area contributed by atoms with Gasteiger partial charge < -0.3 is 4.90 Å². The monoisotopic (exact) mass is 811 g/mol. The fraction of sp³-hybridized carbons (Fsp3) is 0. The summed E-state index contributed by atoms with van der Waals surface area (Å²) in [5, 5.41) is 7.60. The number of rotatable bonds is 7. The smallest absolute Gasteiger partial charge is 0.0640 e. The van der Waals surface area contributed by atoms with E-state index in [1.807, 2.05) is 22.7 Å². The van der Waals surface area contributed by atoms with E-state index < -0.39 is 0 Å². The summed E-state index contributed by atoms with van der Waals surface area (Å²) in [6.45, 7) is 0. The molecular formula is C58H37NS2. The van der Waals surface area contributed by atoms with E-state index >= 15 is 0 Å². The highest BCUT2D eigenvalue weighted by Gasteiger charge is 2.24. The van der Waals surface area contributed by atoms with Gasteiger partial charge in [-0.15, -0.1) is 22.7 Å². The molecule has 12 aromatic rings. The van der Waals surface area contributed by atoms with Crippen LogP contribution in [0.1, 0.15) is 0 Å². The first-order chi connectivity index (χ1) is 30.2. The molecule has 1 nitrogen and oxygen atoms in total. The van der Waals surface area contributed by atoms with Gasteiger partial charge in [-0.1, -0.05) is 188 Å². The molecule has 0 amide bonds. The maximum atomic E-state index is 2.52. The van der Waals surface area contributed by atoms with Crippen molar-refractivity contribution >= 4 is 90.9 Å². The summed E-state index contributed by atoms with van der Waals surface area (Å²) < 4.78 is 5.12. The van der Waals surface area contributed by atoms with Crippen molar-refractivity contribution < 1.29 is 0 Å². The predicted octanol–water partition coefficient (Wildman–Crippen LogP) is 17.7. The van der Waals surface area contributed by atoms with Crippen LogP contribution in [-0.2, 0) is 0 Å². The van der Waals surface area contributed by atoms with Crippen LogP contribution in [0.25, 0.3) is 95.6 Å². The van der Waals surface area contributed by atoms with Crippen LogP contribution in [0.3, 0.4) is 0 Å². The second-order valence-corrected chi connectivity index (χ2v) is 17.7. The van der Waals surface area contributed by atoms with Crippen molar-refractivity contribution in [2.24, 2.45) is 0 Å². The molecule has 2 aromatic heterocycles. The van der Waals surface area contributed by atoms with Crippen molar-refractivity contribution in [3.63, 3.8) is 0 Å². The van der Waals surface area contributed by atoms with Gasteiger partial charge in [-0.25, -0.2) is 0 Å². The van der Waals surface area contributed by atoms with Crippen molar-refractivity contribution in [2.75, 3.05) is 4.90 Å². The van der Waals surface area contributed by atoms with Gasteiger partial charge in [-0.2, -0.15) is 0 Å². The normalized spacial score (nSPS) is 11.6. The van der Waals surface area contributed by atoms with Crippen molar-refractivity contribution in [1.82, 2.24) is 0 Å². The first-order valence-electron chi connectivity index (χ1n) is 20.7. The number of anilines is 3. The lowest BCUT2D eigenvalue weighted by Crippen LogP contribution is -2.10. The molecule has 0 aliphatic rings. The first kappa shape index (κ1) is 35.6. The summed E-state index contributed by atoms with van der Waals surface area (Å²) in [4.78, 5) is 2.52. The highest BCUT2D eigenvalue weighted by molar-refractivity contribution is 7.27. The zero-order chi connectivity index (χ0) is 40.3. The van der Waals surface area contributed by atoms with E-state index in [1.54, 1.807) is 0 Å². The number of benzene rings is 10. The summed E-state index contributed by atoms with van der Waals surface area (Å²) in [5.74, 6) is 0. The van der Waals surface area contributed by atoms with Gasteiger partial charge in [0.15, 0.2) is 0 Å². The van der Waals surface area contributed by atoms with E-state index in [-0.39, 0.29) is 0 Å². The molecule has 0 saturated carbocycles. The molecular weight excluding hydrogens is 775 g/mol. The fourth-order valence-electron chi connectivity index (χ4n) is 9.15. The van der Waals surface area contributed by atoms with E-state index in [2.05, 4.69) is 229 Å². The van der Waals surface area contributed by atoms with E-state index in [4.69, 9.17) is 0 Å². The molecule has 0 spiro atoms. The van der Waals surface area contributed by atoms with E-state index in [9.17, 15) is 0 Å². The lowest BCUT2D eigenvalue weighted by atomic mass is 9.97. The minimum Gasteiger partial charge on any atom is -0.308 e. The molecule has 0 saturated heterocycles. The Labute approximate surface area is 362 Å². The summed E-state index contributed by atoms with van der Waals surface area (Å²) in [7, 11) is 0. The van der Waals surface area contributed by atoms with Gasteiger partial charge in [0.2, 0.25) is 0 Å². The second kappa shape index (κ2) is 14.8. The maximum Gasteiger partial charge on any atom is 0.0640 e. The lowest BCUT2D eigenvalue weighted by Gasteiger charge is -2.28. The van der Waals surface area contributed by atoms with Crippen molar-refractivity contribution in [3.8, 4) is 44.5 Å². The molecule has 0 N–H and O–H groups in total. The van der Waals surface area contributed by atoms with Gasteiger partial charge in [0, 0.05) is 41.3 Å². The fourth-order valence-corrected chi connectivity index (χ4v) is 11.7. The molecule has 61 heavy (non-hydrogen) atoms. The first-order valence-corrected chi connectivity index (χ1v) is 22.4. The minimum atomic E-state index is 1.12. The molecule has 286 valence electrons. The maximum absolute atomic E-state index is 2.52. The summed E-state index contributed by atoms with van der Waals surface area (Å²) in [6.07, 6.45) is 0. The van der Waals surface area contributed by atoms with Gasteiger partial charge in [-0.05, 0) is 91.7 Å². The Hall–Kier alpha value is -7.30. The van der Waals surface area contributed by atoms with Gasteiger partial charge in [-0.3, -0.25) is 0 Å². The minimum absolute atomic E-state index is 1.12. The SMILES string of the molecule is c1ccc(-c2ccc3c(c2)sc2c(N(c4ccc(-c5cccc6ccccc56)cc4)c4ccc(-c5ccccc5)c5sc6cc(-c7ccccc7)ccc6c45)cccc23)cc1. The third-order valence-electron chi connectivity index (χ3n) is 12.1. The highest BCUT2D eigenvalue weighted by Crippen LogP contribution is 2.51. The van der Waals surface area contributed by atoms with E-state index in [0.29, 0.717) is 0 Å². The summed E-state index contributed by atoms with van der Waals surface area (Å²) in [6, 6.07) is 82.3. The van der Waals surface area contributed by atoms with Crippen LogP contribution in [0, 0.1) is 0 Å². The standard InChI is InChI=1S/C58H37NS2/c1-4-14-38(15-5-1)43-28-32-49-50-24-13-25-53(57(50)60-54(49)36-43)59(45-30-26-42(27-31-45)47-23-12-21-40-20-10-11-22-46(40)47)52-35-34-48(41-18-8-3-9-19-41)58-56(52)51-33-29-44(37-55(51)61-58)39-16-6-2-7-17-39/h1-37H. The Bertz CT molecular complexity index is 3560. The molecule has 0 atom stereocenters. The molecule has 12 rings (SSSR count).